The van der Waals surface area contributed by atoms with Crippen molar-refractivity contribution in [3.05, 3.63) is 63.6 Å². The van der Waals surface area contributed by atoms with Crippen molar-refractivity contribution in [2.45, 2.75) is 19.6 Å². The smallest absolute Gasteiger partial charge is 0.326 e. The number of rotatable bonds is 5. The normalized spacial score (nSPS) is 11.3. The van der Waals surface area contributed by atoms with Crippen LogP contribution in [0.15, 0.2) is 46.9 Å². The minimum absolute atomic E-state index is 0.200. The maximum Gasteiger partial charge on any atom is 0.326 e. The zero-order valence-electron chi connectivity index (χ0n) is 12.9. The third-order valence-corrected chi connectivity index (χ3v) is 5.11. The van der Waals surface area contributed by atoms with Gasteiger partial charge in [-0.15, -0.1) is 0 Å². The fraction of sp³-hybridized carbons (Fsp3) is 0.235. The van der Waals surface area contributed by atoms with Gasteiger partial charge in [-0.2, -0.15) is 0 Å². The van der Waals surface area contributed by atoms with Crippen molar-refractivity contribution >= 4 is 31.7 Å². The summed E-state index contributed by atoms with van der Waals surface area (Å²) in [5.74, 6) is -1.23. The lowest BCUT2D eigenvalue weighted by Crippen LogP contribution is -2.22. The molecule has 0 amide bonds. The minimum Gasteiger partial charge on any atom is -0.426 e. The van der Waals surface area contributed by atoms with Crippen molar-refractivity contribution in [1.82, 2.24) is 0 Å². The van der Waals surface area contributed by atoms with Crippen LogP contribution < -0.4 is 4.74 Å². The number of hydrogen-bond donors (Lipinski definition) is 0. The summed E-state index contributed by atoms with van der Waals surface area (Å²) in [5, 5.41) is 0. The standard InChI is InChI=1S/C17H17BrO4S/c1-12-6-7-16(13(2)8-12)22-17(19)11-23(20,21)10-14-4-3-5-15(18)9-14/h3-9H,10-11H2,1-2H3. The number of sulfone groups is 1. The first kappa shape index (κ1) is 17.7. The van der Waals surface area contributed by atoms with Crippen molar-refractivity contribution < 1.29 is 17.9 Å². The van der Waals surface area contributed by atoms with E-state index in [-0.39, 0.29) is 5.75 Å². The van der Waals surface area contributed by atoms with E-state index in [1.165, 1.54) is 0 Å². The monoisotopic (exact) mass is 396 g/mol. The highest BCUT2D eigenvalue weighted by molar-refractivity contribution is 9.10. The number of carbonyl (C=O) groups excluding carboxylic acids is 1. The number of hydrogen-bond acceptors (Lipinski definition) is 4. The largest absolute Gasteiger partial charge is 0.426 e. The van der Waals surface area contributed by atoms with E-state index in [4.69, 9.17) is 4.74 Å². The van der Waals surface area contributed by atoms with E-state index in [1.54, 1.807) is 24.3 Å². The zero-order chi connectivity index (χ0) is 17.0. The first-order chi connectivity index (χ1) is 10.7. The summed E-state index contributed by atoms with van der Waals surface area (Å²) in [5.41, 5.74) is 2.46. The lowest BCUT2D eigenvalue weighted by molar-refractivity contribution is -0.131. The average Bonchev–Trinajstić information content (AvgIpc) is 2.40. The molecule has 0 saturated heterocycles. The third kappa shape index (κ3) is 5.48. The highest BCUT2D eigenvalue weighted by atomic mass is 79.9. The minimum atomic E-state index is -3.59. The van der Waals surface area contributed by atoms with Crippen LogP contribution in [0.2, 0.25) is 0 Å². The Morgan fingerprint density at radius 1 is 1.13 bits per heavy atom. The van der Waals surface area contributed by atoms with Crippen LogP contribution in [0, 0.1) is 13.8 Å². The van der Waals surface area contributed by atoms with Crippen LogP contribution in [0.3, 0.4) is 0 Å². The quantitative estimate of drug-likeness (QED) is 0.572. The van der Waals surface area contributed by atoms with Gasteiger partial charge >= 0.3 is 5.97 Å². The van der Waals surface area contributed by atoms with Crippen LogP contribution >= 0.6 is 15.9 Å². The molecule has 6 heteroatoms. The predicted molar refractivity (Wildman–Crippen MR) is 93.2 cm³/mol. The molecule has 0 aliphatic carbocycles. The fourth-order valence-corrected chi connectivity index (χ4v) is 3.83. The van der Waals surface area contributed by atoms with Gasteiger partial charge in [0.25, 0.3) is 0 Å². The van der Waals surface area contributed by atoms with Crippen molar-refractivity contribution in [2.24, 2.45) is 0 Å². The lowest BCUT2D eigenvalue weighted by atomic mass is 10.1. The molecule has 122 valence electrons. The van der Waals surface area contributed by atoms with Crippen LogP contribution in [0.1, 0.15) is 16.7 Å². The Morgan fingerprint density at radius 3 is 2.52 bits per heavy atom. The van der Waals surface area contributed by atoms with Gasteiger partial charge in [-0.05, 0) is 43.2 Å². The highest BCUT2D eigenvalue weighted by Gasteiger charge is 2.20. The molecule has 0 unspecified atom stereocenters. The molecule has 0 saturated carbocycles. The first-order valence-electron chi connectivity index (χ1n) is 6.98. The number of halogens is 1. The maximum atomic E-state index is 12.1. The fourth-order valence-electron chi connectivity index (χ4n) is 2.18. The Morgan fingerprint density at radius 2 is 1.87 bits per heavy atom. The van der Waals surface area contributed by atoms with E-state index in [2.05, 4.69) is 15.9 Å². The van der Waals surface area contributed by atoms with Crippen LogP contribution in [0.25, 0.3) is 0 Å². The van der Waals surface area contributed by atoms with Gasteiger partial charge in [0, 0.05) is 4.47 Å². The second kappa shape index (κ2) is 7.27. The SMILES string of the molecule is Cc1ccc(OC(=O)CS(=O)(=O)Cc2cccc(Br)c2)c(C)c1. The van der Waals surface area contributed by atoms with Crippen molar-refractivity contribution in [2.75, 3.05) is 5.75 Å². The molecule has 2 rings (SSSR count). The van der Waals surface area contributed by atoms with Crippen molar-refractivity contribution in [3.8, 4) is 5.75 Å². The third-order valence-electron chi connectivity index (χ3n) is 3.17. The summed E-state index contributed by atoms with van der Waals surface area (Å²) in [6.45, 7) is 3.74. The molecule has 0 fully saturated rings. The van der Waals surface area contributed by atoms with Gasteiger partial charge in [-0.1, -0.05) is 45.8 Å². The van der Waals surface area contributed by atoms with Gasteiger partial charge in [-0.3, -0.25) is 4.79 Å². The summed E-state index contributed by atoms with van der Waals surface area (Å²) in [6, 6.07) is 12.3. The van der Waals surface area contributed by atoms with Crippen LogP contribution in [0.5, 0.6) is 5.75 Å². The van der Waals surface area contributed by atoms with E-state index >= 15 is 0 Å². The van der Waals surface area contributed by atoms with E-state index in [1.807, 2.05) is 32.0 Å². The highest BCUT2D eigenvalue weighted by Crippen LogP contribution is 2.19. The van der Waals surface area contributed by atoms with Gasteiger partial charge in [0.05, 0.1) is 5.75 Å². The molecule has 0 heterocycles. The van der Waals surface area contributed by atoms with Gasteiger partial charge in [0.2, 0.25) is 0 Å². The Kier molecular flexibility index (Phi) is 5.59. The molecule has 0 N–H and O–H groups in total. The van der Waals surface area contributed by atoms with Crippen LogP contribution in [-0.2, 0) is 20.4 Å². The number of esters is 1. The number of aryl methyl sites for hydroxylation is 2. The predicted octanol–water partition coefficient (Wildman–Crippen LogP) is 3.59. The van der Waals surface area contributed by atoms with E-state index in [9.17, 15) is 13.2 Å². The molecular weight excluding hydrogens is 380 g/mol. The van der Waals surface area contributed by atoms with Gasteiger partial charge in [0.1, 0.15) is 11.5 Å². The number of ether oxygens (including phenoxy) is 1. The molecule has 0 atom stereocenters. The topological polar surface area (TPSA) is 60.4 Å². The van der Waals surface area contributed by atoms with E-state index in [0.29, 0.717) is 11.3 Å². The second-order valence-electron chi connectivity index (χ2n) is 5.41. The molecule has 2 aromatic rings. The summed E-state index contributed by atoms with van der Waals surface area (Å²) in [4.78, 5) is 11.9. The Hall–Kier alpha value is -1.66. The Labute approximate surface area is 144 Å². The van der Waals surface area contributed by atoms with E-state index in [0.717, 1.165) is 15.6 Å². The second-order valence-corrected chi connectivity index (χ2v) is 8.39. The maximum absolute atomic E-state index is 12.1. The van der Waals surface area contributed by atoms with Crippen LogP contribution in [-0.4, -0.2) is 20.1 Å². The molecule has 0 spiro atoms. The van der Waals surface area contributed by atoms with Crippen LogP contribution in [0.4, 0.5) is 0 Å². The summed E-state index contributed by atoms with van der Waals surface area (Å²) in [7, 11) is -3.59. The molecule has 0 aromatic heterocycles. The Balaban J connectivity index is 2.03. The molecule has 0 aliphatic heterocycles. The lowest BCUT2D eigenvalue weighted by Gasteiger charge is -2.09. The molecule has 2 aromatic carbocycles. The summed E-state index contributed by atoms with van der Waals surface area (Å²) < 4.78 is 30.2. The van der Waals surface area contributed by atoms with Crippen molar-refractivity contribution in [1.29, 1.82) is 0 Å². The summed E-state index contributed by atoms with van der Waals surface area (Å²) in [6.07, 6.45) is 0. The van der Waals surface area contributed by atoms with Gasteiger partial charge in [-0.25, -0.2) is 8.42 Å². The number of benzene rings is 2. The zero-order valence-corrected chi connectivity index (χ0v) is 15.3. The molecule has 4 nitrogen and oxygen atoms in total. The van der Waals surface area contributed by atoms with Crippen molar-refractivity contribution in [3.63, 3.8) is 0 Å². The number of carbonyl (C=O) groups is 1. The molecule has 0 bridgehead atoms. The van der Waals surface area contributed by atoms with Gasteiger partial charge in [0.15, 0.2) is 9.84 Å². The van der Waals surface area contributed by atoms with Gasteiger partial charge < -0.3 is 4.74 Å². The molecule has 23 heavy (non-hydrogen) atoms. The van der Waals surface area contributed by atoms with E-state index < -0.39 is 21.6 Å². The molecule has 0 aliphatic rings. The first-order valence-corrected chi connectivity index (χ1v) is 9.59. The summed E-state index contributed by atoms with van der Waals surface area (Å²) >= 11 is 3.29. The Bertz CT molecular complexity index is 828. The molecule has 0 radical (unpaired) electrons. The molecular formula is C17H17BrO4S. The average molecular weight is 397 g/mol.